The van der Waals surface area contributed by atoms with Gasteiger partial charge in [0.15, 0.2) is 5.96 Å². The van der Waals surface area contributed by atoms with Crippen molar-refractivity contribution in [3.05, 3.63) is 71.8 Å². The number of thioether (sulfide) groups is 1. The Balaban J connectivity index is 1.56. The number of unbranched alkanes of at least 4 members (excludes halogenated alkanes) is 1. The van der Waals surface area contributed by atoms with E-state index in [1.807, 2.05) is 20.1 Å². The molecule has 0 bridgehead atoms. The van der Waals surface area contributed by atoms with Crippen LogP contribution in [0.1, 0.15) is 121 Å². The highest BCUT2D eigenvalue weighted by molar-refractivity contribution is 7.98. The monoisotopic (exact) mass is 1350 g/mol. The largest absolute Gasteiger partial charge is 0.370 e. The third kappa shape index (κ3) is 27.5. The topological polar surface area (TPSA) is 519 Å². The van der Waals surface area contributed by atoms with Crippen LogP contribution in [0.5, 0.6) is 0 Å². The van der Waals surface area contributed by atoms with Crippen LogP contribution in [-0.4, -0.2) is 198 Å². The van der Waals surface area contributed by atoms with Gasteiger partial charge >= 0.3 is 0 Å². The molecule has 0 aliphatic carbocycles. The van der Waals surface area contributed by atoms with Gasteiger partial charge in [-0.1, -0.05) is 74.5 Å². The number of nitrogens with two attached hydrogens (primary N) is 7. The number of primary amides is 3. The SMILES string of the molecule is CSCC[C@H](NC(=O)[C@H](CC(C)C)NC(=O)CNC(=O)[C@H](Cc1ccccc1)NC(=O)[C@@H](Cc1ccccc1)NC(=O)[C@@H](CCC(N)=O)NC(=O)[C@H](CCC(N)=O)NC(=O)[C@H]1CCCN1C(=O)[C@H](CCCCN)NC(=O)[C@@H]1CCCN1C(=O)[C@H](N)CCCN=C(N)N)C(N)=O. The van der Waals surface area contributed by atoms with E-state index in [1.165, 1.54) is 21.6 Å². The predicted molar refractivity (Wildman–Crippen MR) is 356 cm³/mol. The summed E-state index contributed by atoms with van der Waals surface area (Å²) in [5.41, 5.74) is 40.6. The quantitative estimate of drug-likeness (QED) is 0.0173. The first-order valence-electron chi connectivity index (χ1n) is 32.2. The van der Waals surface area contributed by atoms with Crippen LogP contribution in [0.3, 0.4) is 0 Å². The van der Waals surface area contributed by atoms with Crippen LogP contribution < -0.4 is 82.7 Å². The van der Waals surface area contributed by atoms with E-state index in [9.17, 15) is 62.3 Å². The highest BCUT2D eigenvalue weighted by atomic mass is 32.2. The number of aliphatic imine (C=N–C) groups is 1. The average molecular weight is 1350 g/mol. The lowest BCUT2D eigenvalue weighted by molar-refractivity contribution is -0.144. The lowest BCUT2D eigenvalue weighted by Crippen LogP contribution is -2.60. The highest BCUT2D eigenvalue weighted by Crippen LogP contribution is 2.24. The Hall–Kier alpha value is -8.91. The molecule has 524 valence electrons. The molecule has 2 heterocycles. The van der Waals surface area contributed by atoms with Crippen molar-refractivity contribution in [2.45, 2.75) is 183 Å². The zero-order chi connectivity index (χ0) is 70.1. The van der Waals surface area contributed by atoms with Crippen LogP contribution in [0.4, 0.5) is 0 Å². The summed E-state index contributed by atoms with van der Waals surface area (Å²) in [7, 11) is 0. The van der Waals surface area contributed by atoms with Gasteiger partial charge in [0.2, 0.25) is 76.8 Å². The molecule has 0 unspecified atom stereocenters. The van der Waals surface area contributed by atoms with E-state index < -0.39 is 169 Å². The van der Waals surface area contributed by atoms with E-state index in [0.29, 0.717) is 55.4 Å². The molecule has 31 nitrogen and oxygen atoms in total. The fourth-order valence-electron chi connectivity index (χ4n) is 11.0. The van der Waals surface area contributed by atoms with Gasteiger partial charge in [0.1, 0.15) is 54.4 Å². The standard InChI is InChI=1S/C63H98N18O13S/c1-37(2)33-45(57(89)74-41(53(68)85)27-32-95-3)73-52(84)36-72-54(86)46(34-38-15-6-4-7-16-38)78-58(90)47(35-39-17-8-5-9-18-39)79-56(88)42(23-25-50(66)82)75-55(87)43(24-26-51(67)83)76-59(91)49-22-14-31-81(49)62(94)44(20-10-11-28-64)77-60(92)48-21-13-30-80(48)61(93)40(65)19-12-29-71-63(69)70/h4-9,15-18,37,40-49H,10-14,19-36,64-65H2,1-3H3,(H2,66,82)(H2,67,83)(H2,68,85)(H,72,86)(H,73,84)(H,74,89)(H,75,87)(H,76,91)(H,77,92)(H,78,90)(H,79,88)(H4,69,70,71)/t40-,41+,42-,43+,44+,45+,46+,47-,48+,49-/m1/s1. The van der Waals surface area contributed by atoms with E-state index >= 15 is 0 Å². The third-order valence-electron chi connectivity index (χ3n) is 16.0. The number of guanidine groups is 1. The van der Waals surface area contributed by atoms with Gasteiger partial charge in [-0.3, -0.25) is 67.3 Å². The van der Waals surface area contributed by atoms with Gasteiger partial charge in [0.25, 0.3) is 0 Å². The minimum absolute atomic E-state index is 0.0736. The molecule has 2 aromatic rings. The van der Waals surface area contributed by atoms with Crippen LogP contribution in [0, 0.1) is 5.92 Å². The van der Waals surface area contributed by atoms with Gasteiger partial charge < -0.3 is 92.5 Å². The van der Waals surface area contributed by atoms with Crippen molar-refractivity contribution in [2.75, 3.05) is 44.7 Å². The Morgan fingerprint density at radius 1 is 0.537 bits per heavy atom. The van der Waals surface area contributed by atoms with Crippen molar-refractivity contribution in [3.63, 3.8) is 0 Å². The molecule has 0 radical (unpaired) electrons. The maximum absolute atomic E-state index is 14.7. The number of nitrogens with zero attached hydrogens (tertiary/aromatic N) is 3. The van der Waals surface area contributed by atoms with Crippen LogP contribution in [0.25, 0.3) is 0 Å². The molecule has 2 aromatic carbocycles. The minimum Gasteiger partial charge on any atom is -0.370 e. The second kappa shape index (κ2) is 41.0. The lowest BCUT2D eigenvalue weighted by atomic mass is 10.0. The molecule has 95 heavy (non-hydrogen) atoms. The summed E-state index contributed by atoms with van der Waals surface area (Å²) < 4.78 is 0. The fourth-order valence-corrected chi connectivity index (χ4v) is 11.5. The Kier molecular flexibility index (Phi) is 33.9. The number of carbonyl (C=O) groups excluding carboxylic acids is 13. The number of hydrogen-bond donors (Lipinski definition) is 15. The zero-order valence-electron chi connectivity index (χ0n) is 54.5. The number of likely N-dealkylation sites (tertiary alicyclic amines) is 2. The molecule has 0 saturated carbocycles. The van der Waals surface area contributed by atoms with Gasteiger partial charge in [-0.25, -0.2) is 0 Å². The van der Waals surface area contributed by atoms with E-state index in [0.717, 1.165) is 0 Å². The number of amides is 13. The maximum atomic E-state index is 14.7. The summed E-state index contributed by atoms with van der Waals surface area (Å²) >= 11 is 1.45. The summed E-state index contributed by atoms with van der Waals surface area (Å²) in [6.45, 7) is 3.86. The first kappa shape index (κ1) is 78.5. The second-order valence-electron chi connectivity index (χ2n) is 24.1. The average Bonchev–Trinajstić information content (AvgIpc) is 1.74. The highest BCUT2D eigenvalue weighted by Gasteiger charge is 2.42. The first-order valence-corrected chi connectivity index (χ1v) is 33.6. The number of nitrogens with one attached hydrogen (secondary N) is 8. The number of benzene rings is 2. The van der Waals surface area contributed by atoms with E-state index in [-0.39, 0.29) is 83.0 Å². The van der Waals surface area contributed by atoms with Crippen LogP contribution >= 0.6 is 11.8 Å². The Labute approximate surface area is 558 Å². The summed E-state index contributed by atoms with van der Waals surface area (Å²) in [5.74, 6) is -9.80. The Morgan fingerprint density at radius 2 is 1.01 bits per heavy atom. The molecular formula is C63H98N18O13S. The minimum atomic E-state index is -1.64. The van der Waals surface area contributed by atoms with Gasteiger partial charge in [-0.05, 0) is 119 Å². The van der Waals surface area contributed by atoms with Crippen LogP contribution in [0.15, 0.2) is 65.7 Å². The van der Waals surface area contributed by atoms with Crippen LogP contribution in [0.2, 0.25) is 0 Å². The Morgan fingerprint density at radius 3 is 1.51 bits per heavy atom. The number of carbonyl (C=O) groups is 13. The van der Waals surface area contributed by atoms with Gasteiger partial charge in [0.05, 0.1) is 12.6 Å². The van der Waals surface area contributed by atoms with Gasteiger partial charge in [-0.2, -0.15) is 11.8 Å². The first-order chi connectivity index (χ1) is 45.2. The van der Waals surface area contributed by atoms with Crippen molar-refractivity contribution < 1.29 is 62.3 Å². The lowest BCUT2D eigenvalue weighted by Gasteiger charge is -2.32. The smallest absolute Gasteiger partial charge is 0.245 e. The van der Waals surface area contributed by atoms with Crippen molar-refractivity contribution in [1.82, 2.24) is 52.3 Å². The van der Waals surface area contributed by atoms with Crippen LogP contribution in [-0.2, 0) is 75.2 Å². The normalized spacial score (nSPS) is 16.8. The molecule has 4 rings (SSSR count). The molecule has 22 N–H and O–H groups in total. The summed E-state index contributed by atoms with van der Waals surface area (Å²) in [5, 5.41) is 21.1. The molecule has 2 saturated heterocycles. The predicted octanol–water partition coefficient (Wildman–Crippen LogP) is -3.71. The second-order valence-corrected chi connectivity index (χ2v) is 25.1. The molecule has 2 aliphatic rings. The van der Waals surface area contributed by atoms with E-state index in [4.69, 9.17) is 40.1 Å². The molecule has 0 spiro atoms. The summed E-state index contributed by atoms with van der Waals surface area (Å²) in [6.07, 6.45) is 3.12. The van der Waals surface area contributed by atoms with Gasteiger partial charge in [-0.15, -0.1) is 0 Å². The molecule has 0 aromatic heterocycles. The fraction of sp³-hybridized carbons (Fsp3) is 0.587. The van der Waals surface area contributed by atoms with Crippen molar-refractivity contribution in [1.29, 1.82) is 0 Å². The summed E-state index contributed by atoms with van der Waals surface area (Å²) in [6, 6.07) is 4.51. The van der Waals surface area contributed by atoms with E-state index in [1.54, 1.807) is 60.7 Å². The molecule has 10 atom stereocenters. The third-order valence-corrected chi connectivity index (χ3v) is 16.7. The molecule has 2 fully saturated rings. The Bertz CT molecular complexity index is 2960. The summed E-state index contributed by atoms with van der Waals surface area (Å²) in [4.78, 5) is 185. The van der Waals surface area contributed by atoms with Gasteiger partial charge in [0, 0.05) is 45.3 Å². The molecular weight excluding hydrogens is 1250 g/mol. The molecule has 13 amide bonds. The van der Waals surface area contributed by atoms with Crippen molar-refractivity contribution in [3.8, 4) is 0 Å². The number of hydrogen-bond acceptors (Lipinski definition) is 17. The van der Waals surface area contributed by atoms with Crippen molar-refractivity contribution >= 4 is 94.5 Å². The number of rotatable bonds is 42. The van der Waals surface area contributed by atoms with E-state index in [2.05, 4.69) is 47.5 Å². The molecule has 32 heteroatoms. The zero-order valence-corrected chi connectivity index (χ0v) is 55.3. The maximum Gasteiger partial charge on any atom is 0.245 e. The molecule has 2 aliphatic heterocycles. The van der Waals surface area contributed by atoms with Crippen molar-refractivity contribution in [2.24, 2.45) is 51.0 Å².